The maximum absolute atomic E-state index is 12.9. The van der Waals surface area contributed by atoms with Gasteiger partial charge in [0.15, 0.2) is 0 Å². The molecule has 1 unspecified atom stereocenters. The van der Waals surface area contributed by atoms with E-state index in [1.165, 1.54) is 6.07 Å². The molecular formula is C14H21ClN2O2S. The smallest absolute Gasteiger partial charge is 0.243 e. The van der Waals surface area contributed by atoms with Crippen LogP contribution in [0.15, 0.2) is 17.0 Å². The first-order valence-electron chi connectivity index (χ1n) is 6.82. The van der Waals surface area contributed by atoms with E-state index in [-0.39, 0.29) is 10.9 Å². The first kappa shape index (κ1) is 15.6. The van der Waals surface area contributed by atoms with Crippen molar-refractivity contribution in [2.75, 3.05) is 12.3 Å². The van der Waals surface area contributed by atoms with Crippen LogP contribution in [0.4, 0.5) is 5.69 Å². The topological polar surface area (TPSA) is 63.4 Å². The fourth-order valence-electron chi connectivity index (χ4n) is 2.80. The Kier molecular flexibility index (Phi) is 4.33. The van der Waals surface area contributed by atoms with Gasteiger partial charge in [-0.15, -0.1) is 0 Å². The number of hydrogen-bond donors (Lipinski definition) is 1. The molecule has 4 nitrogen and oxygen atoms in total. The van der Waals surface area contributed by atoms with E-state index in [1.54, 1.807) is 17.3 Å². The molecule has 0 amide bonds. The van der Waals surface area contributed by atoms with Crippen LogP contribution in [0.5, 0.6) is 0 Å². The van der Waals surface area contributed by atoms with Crippen molar-refractivity contribution in [2.24, 2.45) is 5.92 Å². The van der Waals surface area contributed by atoms with Crippen molar-refractivity contribution >= 4 is 27.3 Å². The minimum atomic E-state index is -3.54. The lowest BCUT2D eigenvalue weighted by atomic mass is 10.0. The zero-order chi connectivity index (χ0) is 15.1. The summed E-state index contributed by atoms with van der Waals surface area (Å²) < 4.78 is 27.4. The van der Waals surface area contributed by atoms with Gasteiger partial charge < -0.3 is 5.73 Å². The Bertz CT molecular complexity index is 614. The van der Waals surface area contributed by atoms with E-state index in [0.717, 1.165) is 12.8 Å². The summed E-state index contributed by atoms with van der Waals surface area (Å²) >= 11 is 5.97. The predicted molar refractivity (Wildman–Crippen MR) is 82.4 cm³/mol. The maximum Gasteiger partial charge on any atom is 0.243 e. The fourth-order valence-corrected chi connectivity index (χ4v) is 5.20. The Morgan fingerprint density at radius 2 is 2.05 bits per heavy atom. The molecule has 1 aromatic rings. The molecule has 1 fully saturated rings. The molecule has 0 saturated carbocycles. The first-order valence-corrected chi connectivity index (χ1v) is 8.64. The third-order valence-electron chi connectivity index (χ3n) is 3.97. The predicted octanol–water partition coefficient (Wildman–Crippen LogP) is 3.04. The molecule has 0 aromatic heterocycles. The van der Waals surface area contributed by atoms with Crippen LogP contribution in [0, 0.1) is 12.8 Å². The van der Waals surface area contributed by atoms with Gasteiger partial charge in [-0.25, -0.2) is 8.42 Å². The van der Waals surface area contributed by atoms with Crippen LogP contribution >= 0.6 is 11.6 Å². The highest BCUT2D eigenvalue weighted by Crippen LogP contribution is 2.34. The van der Waals surface area contributed by atoms with Gasteiger partial charge in [-0.1, -0.05) is 25.4 Å². The summed E-state index contributed by atoms with van der Waals surface area (Å²) in [5, 5.41) is 0.354. The first-order chi connectivity index (χ1) is 9.25. The van der Waals surface area contributed by atoms with Crippen LogP contribution < -0.4 is 5.73 Å². The molecule has 2 rings (SSSR count). The summed E-state index contributed by atoms with van der Waals surface area (Å²) in [6.45, 7) is 6.39. The summed E-state index contributed by atoms with van der Waals surface area (Å²) in [5.41, 5.74) is 6.83. The standard InChI is InChI=1S/C14H21ClN2O2S/c1-9(2)13-5-4-6-17(13)20(18,19)14-8-11(15)7-12(16)10(14)3/h7-9,13H,4-6,16H2,1-3H3. The molecular weight excluding hydrogens is 296 g/mol. The highest BCUT2D eigenvalue weighted by molar-refractivity contribution is 7.89. The normalized spacial score (nSPS) is 20.8. The molecule has 1 heterocycles. The largest absolute Gasteiger partial charge is 0.398 e. The molecule has 20 heavy (non-hydrogen) atoms. The van der Waals surface area contributed by atoms with Gasteiger partial charge in [-0.3, -0.25) is 0 Å². The lowest BCUT2D eigenvalue weighted by Crippen LogP contribution is -2.38. The fraction of sp³-hybridized carbons (Fsp3) is 0.571. The number of nitrogens with two attached hydrogens (primary N) is 1. The van der Waals surface area contributed by atoms with Crippen molar-refractivity contribution in [1.82, 2.24) is 4.31 Å². The highest BCUT2D eigenvalue weighted by atomic mass is 35.5. The van der Waals surface area contributed by atoms with Crippen LogP contribution in [0.25, 0.3) is 0 Å². The minimum absolute atomic E-state index is 0.0552. The number of halogens is 1. The quantitative estimate of drug-likeness (QED) is 0.872. The van der Waals surface area contributed by atoms with E-state index in [0.29, 0.717) is 28.7 Å². The number of rotatable bonds is 3. The molecule has 0 aliphatic carbocycles. The number of sulfonamides is 1. The SMILES string of the molecule is Cc1c(N)cc(Cl)cc1S(=O)(=O)N1CCCC1C(C)C. The Balaban J connectivity index is 2.51. The van der Waals surface area contributed by atoms with E-state index in [1.807, 2.05) is 0 Å². The Morgan fingerprint density at radius 3 is 2.65 bits per heavy atom. The third-order valence-corrected chi connectivity index (χ3v) is 6.24. The van der Waals surface area contributed by atoms with Crippen molar-refractivity contribution in [3.63, 3.8) is 0 Å². The number of nitrogen functional groups attached to an aromatic ring is 1. The summed E-state index contributed by atoms with van der Waals surface area (Å²) in [6.07, 6.45) is 1.81. The van der Waals surface area contributed by atoms with Crippen LogP contribution in [0.3, 0.4) is 0 Å². The average Bonchev–Trinajstić information content (AvgIpc) is 2.83. The molecule has 1 aromatic carbocycles. The number of anilines is 1. The monoisotopic (exact) mass is 316 g/mol. The summed E-state index contributed by atoms with van der Waals surface area (Å²) in [7, 11) is -3.54. The van der Waals surface area contributed by atoms with Gasteiger partial charge in [-0.2, -0.15) is 4.31 Å². The van der Waals surface area contributed by atoms with Crippen LogP contribution in [0.1, 0.15) is 32.3 Å². The van der Waals surface area contributed by atoms with Gasteiger partial charge in [0.1, 0.15) is 0 Å². The van der Waals surface area contributed by atoms with E-state index in [4.69, 9.17) is 17.3 Å². The lowest BCUT2D eigenvalue weighted by molar-refractivity contribution is 0.315. The van der Waals surface area contributed by atoms with E-state index in [2.05, 4.69) is 13.8 Å². The van der Waals surface area contributed by atoms with Crippen molar-refractivity contribution in [3.8, 4) is 0 Å². The Hall–Kier alpha value is -0.780. The number of hydrogen-bond acceptors (Lipinski definition) is 3. The van der Waals surface area contributed by atoms with Gasteiger partial charge in [0, 0.05) is 23.3 Å². The summed E-state index contributed by atoms with van der Waals surface area (Å²) in [5.74, 6) is 0.295. The van der Waals surface area contributed by atoms with Gasteiger partial charge >= 0.3 is 0 Å². The Morgan fingerprint density at radius 1 is 1.40 bits per heavy atom. The van der Waals surface area contributed by atoms with Crippen molar-refractivity contribution in [2.45, 2.75) is 44.6 Å². The molecule has 0 bridgehead atoms. The van der Waals surface area contributed by atoms with Crippen LogP contribution in [-0.4, -0.2) is 25.3 Å². The molecule has 112 valence electrons. The second kappa shape index (κ2) is 5.54. The van der Waals surface area contributed by atoms with E-state index >= 15 is 0 Å². The van der Waals surface area contributed by atoms with Gasteiger partial charge in [-0.05, 0) is 43.4 Å². The molecule has 0 spiro atoms. The number of benzene rings is 1. The second-order valence-electron chi connectivity index (χ2n) is 5.69. The van der Waals surface area contributed by atoms with E-state index in [9.17, 15) is 8.42 Å². The van der Waals surface area contributed by atoms with Crippen LogP contribution in [0.2, 0.25) is 5.02 Å². The highest BCUT2D eigenvalue weighted by Gasteiger charge is 2.37. The van der Waals surface area contributed by atoms with Crippen molar-refractivity contribution in [3.05, 3.63) is 22.7 Å². The zero-order valence-electron chi connectivity index (χ0n) is 12.1. The molecule has 1 saturated heterocycles. The molecule has 1 aliphatic heterocycles. The van der Waals surface area contributed by atoms with E-state index < -0.39 is 10.0 Å². The second-order valence-corrected chi connectivity index (χ2v) is 7.98. The molecule has 1 atom stereocenters. The van der Waals surface area contributed by atoms with Crippen LogP contribution in [-0.2, 0) is 10.0 Å². The van der Waals surface area contributed by atoms with Gasteiger partial charge in [0.05, 0.1) is 4.90 Å². The molecule has 6 heteroatoms. The lowest BCUT2D eigenvalue weighted by Gasteiger charge is -2.27. The summed E-state index contributed by atoms with van der Waals surface area (Å²) in [6, 6.07) is 3.14. The number of nitrogens with zero attached hydrogens (tertiary/aromatic N) is 1. The molecule has 1 aliphatic rings. The zero-order valence-corrected chi connectivity index (χ0v) is 13.6. The van der Waals surface area contributed by atoms with Gasteiger partial charge in [0.25, 0.3) is 0 Å². The van der Waals surface area contributed by atoms with Gasteiger partial charge in [0.2, 0.25) is 10.0 Å². The third kappa shape index (κ3) is 2.67. The summed E-state index contributed by atoms with van der Waals surface area (Å²) in [4.78, 5) is 0.232. The van der Waals surface area contributed by atoms with Crippen molar-refractivity contribution in [1.29, 1.82) is 0 Å². The average molecular weight is 317 g/mol. The maximum atomic E-state index is 12.9. The molecule has 0 radical (unpaired) electrons. The molecule has 2 N–H and O–H groups in total. The van der Waals surface area contributed by atoms with Crippen molar-refractivity contribution < 1.29 is 8.42 Å². The Labute approximate surface area is 126 Å². The minimum Gasteiger partial charge on any atom is -0.398 e.